The van der Waals surface area contributed by atoms with E-state index in [-0.39, 0.29) is 5.56 Å². The quantitative estimate of drug-likeness (QED) is 0.704. The van der Waals surface area contributed by atoms with Crippen LogP contribution >= 0.6 is 0 Å². The first-order valence-electron chi connectivity index (χ1n) is 5.67. The lowest BCUT2D eigenvalue weighted by atomic mass is 10.2. The van der Waals surface area contributed by atoms with E-state index in [1.165, 1.54) is 5.56 Å². The number of aromatic amines is 1. The van der Waals surface area contributed by atoms with Gasteiger partial charge in [-0.2, -0.15) is 5.10 Å². The Bertz CT molecular complexity index is 768. The summed E-state index contributed by atoms with van der Waals surface area (Å²) in [6.07, 6.45) is 1.54. The van der Waals surface area contributed by atoms with Crippen LogP contribution in [0.2, 0.25) is 0 Å². The van der Waals surface area contributed by atoms with Gasteiger partial charge in [0.1, 0.15) is 11.2 Å². The molecule has 0 aliphatic carbocycles. The Morgan fingerprint density at radius 3 is 2.61 bits per heavy atom. The van der Waals surface area contributed by atoms with Crippen molar-refractivity contribution in [2.24, 2.45) is 0 Å². The van der Waals surface area contributed by atoms with Crippen molar-refractivity contribution in [3.05, 3.63) is 52.2 Å². The number of nitrogens with zero attached hydrogens (tertiary/aromatic N) is 3. The highest BCUT2D eigenvalue weighted by molar-refractivity contribution is 5.75. The molecule has 1 aromatic carbocycles. The molecule has 0 amide bonds. The molecule has 5 heteroatoms. The maximum absolute atomic E-state index is 11.7. The van der Waals surface area contributed by atoms with Crippen LogP contribution in [-0.2, 0) is 0 Å². The predicted molar refractivity (Wildman–Crippen MR) is 69.0 cm³/mol. The van der Waals surface area contributed by atoms with Crippen molar-refractivity contribution in [3.8, 4) is 5.69 Å². The maximum Gasteiger partial charge on any atom is 0.262 e. The van der Waals surface area contributed by atoms with Crippen LogP contribution in [0.25, 0.3) is 16.7 Å². The van der Waals surface area contributed by atoms with Crippen molar-refractivity contribution < 1.29 is 0 Å². The van der Waals surface area contributed by atoms with Crippen LogP contribution in [0, 0.1) is 13.8 Å². The van der Waals surface area contributed by atoms with E-state index in [1.807, 2.05) is 31.2 Å². The molecule has 0 fully saturated rings. The van der Waals surface area contributed by atoms with Crippen LogP contribution in [0.4, 0.5) is 0 Å². The average Bonchev–Trinajstić information content (AvgIpc) is 2.74. The second-order valence-electron chi connectivity index (χ2n) is 4.28. The van der Waals surface area contributed by atoms with E-state index in [0.717, 1.165) is 5.69 Å². The van der Waals surface area contributed by atoms with Gasteiger partial charge >= 0.3 is 0 Å². The predicted octanol–water partition coefficient (Wildman–Crippen LogP) is 1.73. The van der Waals surface area contributed by atoms with E-state index >= 15 is 0 Å². The van der Waals surface area contributed by atoms with E-state index < -0.39 is 0 Å². The summed E-state index contributed by atoms with van der Waals surface area (Å²) in [5.74, 6) is 0.585. The van der Waals surface area contributed by atoms with Crippen molar-refractivity contribution in [3.63, 3.8) is 0 Å². The SMILES string of the molecule is Cc1ccc(-n2ncc3c(=O)[nH]c(C)nc32)cc1. The molecule has 0 radical (unpaired) electrons. The molecule has 0 saturated heterocycles. The van der Waals surface area contributed by atoms with Crippen LogP contribution in [0.3, 0.4) is 0 Å². The van der Waals surface area contributed by atoms with Gasteiger partial charge in [0, 0.05) is 0 Å². The molecule has 3 aromatic rings. The summed E-state index contributed by atoms with van der Waals surface area (Å²) in [6, 6.07) is 7.92. The summed E-state index contributed by atoms with van der Waals surface area (Å²) in [4.78, 5) is 18.8. The third-order valence-corrected chi connectivity index (χ3v) is 2.84. The van der Waals surface area contributed by atoms with Gasteiger partial charge in [-0.1, -0.05) is 17.7 Å². The Balaban J connectivity index is 2.30. The van der Waals surface area contributed by atoms with E-state index in [9.17, 15) is 4.79 Å². The molecule has 0 saturated carbocycles. The standard InChI is InChI=1S/C13H12N4O/c1-8-3-5-10(6-4-8)17-12-11(7-14-17)13(18)16-9(2)15-12/h3-7H,1-2H3,(H,15,16,18). The van der Waals surface area contributed by atoms with Gasteiger partial charge in [0.05, 0.1) is 11.9 Å². The Labute approximate surface area is 103 Å². The molecule has 2 heterocycles. The molecule has 1 N–H and O–H groups in total. The van der Waals surface area contributed by atoms with Gasteiger partial charge < -0.3 is 4.98 Å². The molecular weight excluding hydrogens is 228 g/mol. The molecule has 0 aliphatic rings. The second-order valence-corrected chi connectivity index (χ2v) is 4.28. The first kappa shape index (κ1) is 10.7. The number of H-pyrrole nitrogens is 1. The van der Waals surface area contributed by atoms with E-state index in [2.05, 4.69) is 15.1 Å². The summed E-state index contributed by atoms with van der Waals surface area (Å²) in [5, 5.41) is 4.73. The molecule has 0 unspecified atom stereocenters. The number of aromatic nitrogens is 4. The summed E-state index contributed by atoms with van der Waals surface area (Å²) in [7, 11) is 0. The van der Waals surface area contributed by atoms with Crippen molar-refractivity contribution >= 4 is 11.0 Å². The number of nitrogens with one attached hydrogen (secondary N) is 1. The zero-order valence-electron chi connectivity index (χ0n) is 10.1. The van der Waals surface area contributed by atoms with Crippen LogP contribution < -0.4 is 5.56 Å². The highest BCUT2D eigenvalue weighted by Crippen LogP contribution is 2.14. The fourth-order valence-corrected chi connectivity index (χ4v) is 1.90. The smallest absolute Gasteiger partial charge is 0.262 e. The Morgan fingerprint density at radius 2 is 1.89 bits per heavy atom. The topological polar surface area (TPSA) is 63.6 Å². The normalized spacial score (nSPS) is 11.0. The minimum atomic E-state index is -0.157. The minimum absolute atomic E-state index is 0.157. The zero-order chi connectivity index (χ0) is 12.7. The fraction of sp³-hybridized carbons (Fsp3) is 0.154. The van der Waals surface area contributed by atoms with Crippen molar-refractivity contribution in [1.82, 2.24) is 19.7 Å². The van der Waals surface area contributed by atoms with Crippen LogP contribution in [0.15, 0.2) is 35.3 Å². The summed E-state index contributed by atoms with van der Waals surface area (Å²) < 4.78 is 1.68. The molecule has 5 nitrogen and oxygen atoms in total. The van der Waals surface area contributed by atoms with E-state index in [1.54, 1.807) is 17.8 Å². The van der Waals surface area contributed by atoms with Gasteiger partial charge in [0.15, 0.2) is 5.65 Å². The number of aryl methyl sites for hydroxylation is 2. The van der Waals surface area contributed by atoms with Crippen molar-refractivity contribution in [2.75, 3.05) is 0 Å². The van der Waals surface area contributed by atoms with Gasteiger partial charge in [0.25, 0.3) is 5.56 Å². The molecular formula is C13H12N4O. The number of rotatable bonds is 1. The molecule has 18 heavy (non-hydrogen) atoms. The maximum atomic E-state index is 11.7. The lowest BCUT2D eigenvalue weighted by Crippen LogP contribution is -2.10. The first-order chi connectivity index (χ1) is 8.65. The molecule has 0 spiro atoms. The van der Waals surface area contributed by atoms with Gasteiger partial charge in [-0.3, -0.25) is 4.79 Å². The Hall–Kier alpha value is -2.43. The molecule has 3 rings (SSSR count). The molecule has 0 bridgehead atoms. The summed E-state index contributed by atoms with van der Waals surface area (Å²) >= 11 is 0. The highest BCUT2D eigenvalue weighted by Gasteiger charge is 2.09. The molecule has 90 valence electrons. The molecule has 2 aromatic heterocycles. The van der Waals surface area contributed by atoms with Gasteiger partial charge in [0.2, 0.25) is 0 Å². The minimum Gasteiger partial charge on any atom is -0.310 e. The third kappa shape index (κ3) is 1.60. The number of fused-ring (bicyclic) bond motifs is 1. The van der Waals surface area contributed by atoms with Gasteiger partial charge in [-0.05, 0) is 26.0 Å². The lowest BCUT2D eigenvalue weighted by molar-refractivity contribution is 0.888. The lowest BCUT2D eigenvalue weighted by Gasteiger charge is -2.03. The van der Waals surface area contributed by atoms with Crippen molar-refractivity contribution in [2.45, 2.75) is 13.8 Å². The number of benzene rings is 1. The van der Waals surface area contributed by atoms with Crippen LogP contribution in [0.1, 0.15) is 11.4 Å². The Kier molecular flexibility index (Phi) is 2.26. The van der Waals surface area contributed by atoms with E-state index in [0.29, 0.717) is 16.9 Å². The van der Waals surface area contributed by atoms with Crippen molar-refractivity contribution in [1.29, 1.82) is 0 Å². The zero-order valence-corrected chi connectivity index (χ0v) is 10.1. The van der Waals surface area contributed by atoms with Crippen LogP contribution in [-0.4, -0.2) is 19.7 Å². The number of hydrogen-bond acceptors (Lipinski definition) is 3. The largest absolute Gasteiger partial charge is 0.310 e. The average molecular weight is 240 g/mol. The first-order valence-corrected chi connectivity index (χ1v) is 5.67. The van der Waals surface area contributed by atoms with Crippen LogP contribution in [0.5, 0.6) is 0 Å². The van der Waals surface area contributed by atoms with Gasteiger partial charge in [-0.15, -0.1) is 0 Å². The monoisotopic (exact) mass is 240 g/mol. The third-order valence-electron chi connectivity index (χ3n) is 2.84. The van der Waals surface area contributed by atoms with E-state index in [4.69, 9.17) is 0 Å². The fourth-order valence-electron chi connectivity index (χ4n) is 1.90. The summed E-state index contributed by atoms with van der Waals surface area (Å²) in [5.41, 5.74) is 2.50. The highest BCUT2D eigenvalue weighted by atomic mass is 16.1. The second kappa shape index (κ2) is 3.80. The molecule has 0 aliphatic heterocycles. The van der Waals surface area contributed by atoms with Gasteiger partial charge in [-0.25, -0.2) is 9.67 Å². The molecule has 0 atom stereocenters. The Morgan fingerprint density at radius 1 is 1.17 bits per heavy atom. The number of hydrogen-bond donors (Lipinski definition) is 1. The summed E-state index contributed by atoms with van der Waals surface area (Å²) in [6.45, 7) is 3.78.